The SMILES string of the molecule is CCCNC(CSC(C)CC)c1c(Br)cnn1CC. The Morgan fingerprint density at radius 1 is 1.42 bits per heavy atom. The van der Waals surface area contributed by atoms with Gasteiger partial charge in [-0.2, -0.15) is 16.9 Å². The Balaban J connectivity index is 2.79. The van der Waals surface area contributed by atoms with Gasteiger partial charge in [-0.1, -0.05) is 20.8 Å². The van der Waals surface area contributed by atoms with Crippen molar-refractivity contribution >= 4 is 27.7 Å². The smallest absolute Gasteiger partial charge is 0.0703 e. The Kier molecular flexibility index (Phi) is 8.11. The van der Waals surface area contributed by atoms with E-state index in [4.69, 9.17) is 0 Å². The molecular weight excluding hydrogens is 322 g/mol. The molecule has 0 aromatic carbocycles. The zero-order chi connectivity index (χ0) is 14.3. The second-order valence-electron chi connectivity index (χ2n) is 4.75. The van der Waals surface area contributed by atoms with Crippen LogP contribution in [0.4, 0.5) is 0 Å². The molecule has 0 amide bonds. The first-order valence-electron chi connectivity index (χ1n) is 7.20. The molecule has 2 unspecified atom stereocenters. The van der Waals surface area contributed by atoms with E-state index in [2.05, 4.69) is 58.7 Å². The normalized spacial score (nSPS) is 14.6. The molecule has 110 valence electrons. The van der Waals surface area contributed by atoms with Gasteiger partial charge in [-0.25, -0.2) is 0 Å². The minimum absolute atomic E-state index is 0.371. The summed E-state index contributed by atoms with van der Waals surface area (Å²) in [4.78, 5) is 0. The summed E-state index contributed by atoms with van der Waals surface area (Å²) in [5.74, 6) is 1.10. The van der Waals surface area contributed by atoms with Gasteiger partial charge in [-0.3, -0.25) is 4.68 Å². The summed E-state index contributed by atoms with van der Waals surface area (Å²) < 4.78 is 3.21. The van der Waals surface area contributed by atoms with Gasteiger partial charge >= 0.3 is 0 Å². The molecule has 0 aliphatic carbocycles. The second kappa shape index (κ2) is 9.03. The summed E-state index contributed by atoms with van der Waals surface area (Å²) in [7, 11) is 0. The van der Waals surface area contributed by atoms with Crippen LogP contribution in [0.5, 0.6) is 0 Å². The number of nitrogens with one attached hydrogen (secondary N) is 1. The molecule has 0 spiro atoms. The predicted molar refractivity (Wildman–Crippen MR) is 88.8 cm³/mol. The van der Waals surface area contributed by atoms with Crippen LogP contribution in [0.1, 0.15) is 52.3 Å². The van der Waals surface area contributed by atoms with Crippen LogP contribution in [0.25, 0.3) is 0 Å². The molecule has 0 fully saturated rings. The van der Waals surface area contributed by atoms with Gasteiger partial charge in [-0.05, 0) is 42.2 Å². The van der Waals surface area contributed by atoms with Gasteiger partial charge in [0.15, 0.2) is 0 Å². The van der Waals surface area contributed by atoms with Crippen molar-refractivity contribution in [1.82, 2.24) is 15.1 Å². The van der Waals surface area contributed by atoms with Crippen LogP contribution in [-0.4, -0.2) is 27.3 Å². The first-order chi connectivity index (χ1) is 9.13. The van der Waals surface area contributed by atoms with Gasteiger partial charge in [0, 0.05) is 17.5 Å². The Labute approximate surface area is 130 Å². The monoisotopic (exact) mass is 347 g/mol. The minimum atomic E-state index is 0.371. The summed E-state index contributed by atoms with van der Waals surface area (Å²) in [5.41, 5.74) is 1.28. The largest absolute Gasteiger partial charge is 0.308 e. The molecule has 1 rings (SSSR count). The minimum Gasteiger partial charge on any atom is -0.308 e. The zero-order valence-corrected chi connectivity index (χ0v) is 14.9. The average Bonchev–Trinajstić information content (AvgIpc) is 2.80. The van der Waals surface area contributed by atoms with Crippen molar-refractivity contribution in [2.24, 2.45) is 0 Å². The fraction of sp³-hybridized carbons (Fsp3) is 0.786. The number of nitrogens with zero attached hydrogens (tertiary/aromatic N) is 2. The molecule has 5 heteroatoms. The third-order valence-corrected chi connectivity index (χ3v) is 5.27. The van der Waals surface area contributed by atoms with E-state index in [1.165, 1.54) is 12.1 Å². The number of thioether (sulfide) groups is 1. The van der Waals surface area contributed by atoms with Gasteiger partial charge in [-0.15, -0.1) is 0 Å². The summed E-state index contributed by atoms with van der Waals surface area (Å²) in [6.45, 7) is 10.9. The van der Waals surface area contributed by atoms with Gasteiger partial charge in [0.25, 0.3) is 0 Å². The van der Waals surface area contributed by atoms with Crippen LogP contribution in [0.2, 0.25) is 0 Å². The number of rotatable bonds is 9. The highest BCUT2D eigenvalue weighted by molar-refractivity contribution is 9.10. The summed E-state index contributed by atoms with van der Waals surface area (Å²) in [6.07, 6.45) is 4.29. The fourth-order valence-electron chi connectivity index (χ4n) is 1.90. The first kappa shape index (κ1) is 17.1. The summed E-state index contributed by atoms with van der Waals surface area (Å²) >= 11 is 5.68. The van der Waals surface area contributed by atoms with E-state index in [9.17, 15) is 0 Å². The predicted octanol–water partition coefficient (Wildman–Crippen LogP) is 4.24. The summed E-state index contributed by atoms with van der Waals surface area (Å²) in [6, 6.07) is 0.371. The van der Waals surface area contributed by atoms with Crippen LogP contribution < -0.4 is 5.32 Å². The van der Waals surface area contributed by atoms with E-state index in [0.717, 1.165) is 29.7 Å². The number of aryl methyl sites for hydroxylation is 1. The third-order valence-electron chi connectivity index (χ3n) is 3.23. The molecule has 0 aliphatic heterocycles. The van der Waals surface area contributed by atoms with Crippen molar-refractivity contribution in [2.45, 2.75) is 58.4 Å². The van der Waals surface area contributed by atoms with Crippen molar-refractivity contribution in [3.05, 3.63) is 16.4 Å². The maximum Gasteiger partial charge on any atom is 0.0703 e. The molecule has 0 saturated carbocycles. The Bertz CT molecular complexity index is 368. The van der Waals surface area contributed by atoms with Crippen LogP contribution >= 0.6 is 27.7 Å². The van der Waals surface area contributed by atoms with Crippen LogP contribution in [0.3, 0.4) is 0 Å². The molecule has 0 bridgehead atoms. The third kappa shape index (κ3) is 5.12. The molecule has 1 heterocycles. The molecule has 1 aromatic rings. The fourth-order valence-corrected chi connectivity index (χ4v) is 3.51. The molecule has 2 atom stereocenters. The van der Waals surface area contributed by atoms with Crippen molar-refractivity contribution in [3.8, 4) is 0 Å². The standard InChI is InChI=1S/C14H26BrN3S/c1-5-8-16-13(10-19-11(4)6-2)14-12(15)9-17-18(14)7-3/h9,11,13,16H,5-8,10H2,1-4H3. The first-order valence-corrected chi connectivity index (χ1v) is 9.04. The second-order valence-corrected chi connectivity index (χ2v) is 7.08. The maximum absolute atomic E-state index is 4.43. The Morgan fingerprint density at radius 3 is 2.74 bits per heavy atom. The highest BCUT2D eigenvalue weighted by Crippen LogP contribution is 2.28. The van der Waals surface area contributed by atoms with E-state index in [-0.39, 0.29) is 0 Å². The van der Waals surface area contributed by atoms with Gasteiger partial charge in [0.1, 0.15) is 0 Å². The van der Waals surface area contributed by atoms with Crippen molar-refractivity contribution < 1.29 is 0 Å². The van der Waals surface area contributed by atoms with E-state index in [1.807, 2.05) is 18.0 Å². The highest BCUT2D eigenvalue weighted by atomic mass is 79.9. The molecule has 19 heavy (non-hydrogen) atoms. The van der Waals surface area contributed by atoms with E-state index < -0.39 is 0 Å². The van der Waals surface area contributed by atoms with Crippen molar-refractivity contribution in [3.63, 3.8) is 0 Å². The number of aromatic nitrogens is 2. The molecule has 1 N–H and O–H groups in total. The lowest BCUT2D eigenvalue weighted by molar-refractivity contribution is 0.512. The number of hydrogen-bond donors (Lipinski definition) is 1. The van der Waals surface area contributed by atoms with E-state index in [0.29, 0.717) is 11.3 Å². The van der Waals surface area contributed by atoms with Gasteiger partial charge in [0.2, 0.25) is 0 Å². The van der Waals surface area contributed by atoms with Crippen molar-refractivity contribution in [1.29, 1.82) is 0 Å². The van der Waals surface area contributed by atoms with Gasteiger partial charge < -0.3 is 5.32 Å². The maximum atomic E-state index is 4.43. The molecule has 0 saturated heterocycles. The molecule has 1 aromatic heterocycles. The molecule has 0 aliphatic rings. The van der Waals surface area contributed by atoms with Crippen LogP contribution in [0, 0.1) is 0 Å². The zero-order valence-electron chi connectivity index (χ0n) is 12.4. The van der Waals surface area contributed by atoms with E-state index in [1.54, 1.807) is 0 Å². The number of halogens is 1. The van der Waals surface area contributed by atoms with Crippen LogP contribution in [0.15, 0.2) is 10.7 Å². The van der Waals surface area contributed by atoms with Gasteiger partial charge in [0.05, 0.1) is 22.4 Å². The quantitative estimate of drug-likeness (QED) is 0.724. The molecular formula is C14H26BrN3S. The lowest BCUT2D eigenvalue weighted by Crippen LogP contribution is -2.27. The Hall–Kier alpha value is 0. The Morgan fingerprint density at radius 2 is 2.16 bits per heavy atom. The molecule has 3 nitrogen and oxygen atoms in total. The molecule has 0 radical (unpaired) electrons. The van der Waals surface area contributed by atoms with Crippen molar-refractivity contribution in [2.75, 3.05) is 12.3 Å². The highest BCUT2D eigenvalue weighted by Gasteiger charge is 2.19. The average molecular weight is 348 g/mol. The summed E-state index contributed by atoms with van der Waals surface area (Å²) in [5, 5.41) is 8.80. The number of hydrogen-bond acceptors (Lipinski definition) is 3. The topological polar surface area (TPSA) is 29.9 Å². The van der Waals surface area contributed by atoms with Crippen LogP contribution in [-0.2, 0) is 6.54 Å². The lowest BCUT2D eigenvalue weighted by Gasteiger charge is -2.21. The van der Waals surface area contributed by atoms with E-state index >= 15 is 0 Å². The lowest BCUT2D eigenvalue weighted by atomic mass is 10.2.